The van der Waals surface area contributed by atoms with Gasteiger partial charge in [0.15, 0.2) is 6.61 Å². The van der Waals surface area contributed by atoms with E-state index >= 15 is 0 Å². The predicted octanol–water partition coefficient (Wildman–Crippen LogP) is 6.24. The smallest absolute Gasteiger partial charge is 0.261 e. The maximum Gasteiger partial charge on any atom is 0.261 e. The minimum atomic E-state index is -0.812. The van der Waals surface area contributed by atoms with Gasteiger partial charge in [-0.1, -0.05) is 77.3 Å². The van der Waals surface area contributed by atoms with Crippen LogP contribution in [-0.4, -0.2) is 34.9 Å². The van der Waals surface area contributed by atoms with Crippen LogP contribution in [0, 0.1) is 6.92 Å². The van der Waals surface area contributed by atoms with Crippen LogP contribution in [-0.2, 0) is 22.6 Å². The van der Waals surface area contributed by atoms with Crippen molar-refractivity contribution < 1.29 is 14.3 Å². The second-order valence-corrected chi connectivity index (χ2v) is 10.6. The van der Waals surface area contributed by atoms with Crippen molar-refractivity contribution in [3.8, 4) is 5.75 Å². The van der Waals surface area contributed by atoms with Gasteiger partial charge in [-0.3, -0.25) is 9.59 Å². The molecule has 0 heterocycles. The maximum absolute atomic E-state index is 13.6. The van der Waals surface area contributed by atoms with Crippen molar-refractivity contribution in [2.75, 3.05) is 6.61 Å². The average molecular weight is 527 g/mol. The molecule has 0 saturated heterocycles. The summed E-state index contributed by atoms with van der Waals surface area (Å²) in [5, 5.41) is 3.88. The Kier molecular flexibility index (Phi) is 9.41. The standard InChI is InChI=1S/C29H32Cl2N2O3/c1-20-13-15-22(16-14-20)36-19-27(34)33(18-23-24(30)11-8-12-25(23)31)26(28(35)32-29(2,3)4)17-21-9-6-5-7-10-21/h5-16,26H,17-19H2,1-4H3,(H,32,35)/t26-/m0/s1. The third-order valence-corrected chi connectivity index (χ3v) is 6.25. The number of ether oxygens (including phenoxy) is 1. The second kappa shape index (κ2) is 12.3. The number of nitrogens with one attached hydrogen (secondary N) is 1. The van der Waals surface area contributed by atoms with Gasteiger partial charge in [0.2, 0.25) is 5.91 Å². The molecule has 3 aromatic rings. The number of hydrogen-bond acceptors (Lipinski definition) is 3. The van der Waals surface area contributed by atoms with Crippen molar-refractivity contribution in [1.82, 2.24) is 10.2 Å². The molecule has 0 aromatic heterocycles. The van der Waals surface area contributed by atoms with Gasteiger partial charge in [0.1, 0.15) is 11.8 Å². The lowest BCUT2D eigenvalue weighted by Crippen LogP contribution is -2.55. The molecule has 1 atom stereocenters. The molecule has 0 spiro atoms. The second-order valence-electron chi connectivity index (χ2n) is 9.77. The van der Waals surface area contributed by atoms with E-state index in [1.54, 1.807) is 18.2 Å². The Balaban J connectivity index is 1.97. The van der Waals surface area contributed by atoms with Gasteiger partial charge >= 0.3 is 0 Å². The Hall–Kier alpha value is -3.02. The number of carbonyl (C=O) groups is 2. The summed E-state index contributed by atoms with van der Waals surface area (Å²) >= 11 is 12.9. The van der Waals surface area contributed by atoms with Crippen molar-refractivity contribution >= 4 is 35.0 Å². The van der Waals surface area contributed by atoms with E-state index in [0.717, 1.165) is 11.1 Å². The van der Waals surface area contributed by atoms with Crippen molar-refractivity contribution in [3.05, 3.63) is 99.5 Å². The van der Waals surface area contributed by atoms with E-state index in [-0.39, 0.29) is 25.0 Å². The summed E-state index contributed by atoms with van der Waals surface area (Å²) < 4.78 is 5.79. The molecular weight excluding hydrogens is 495 g/mol. The fourth-order valence-electron chi connectivity index (χ4n) is 3.72. The summed E-state index contributed by atoms with van der Waals surface area (Å²) in [4.78, 5) is 28.7. The highest BCUT2D eigenvalue weighted by Crippen LogP contribution is 2.27. The number of aryl methyl sites for hydroxylation is 1. The van der Waals surface area contributed by atoms with Crippen LogP contribution in [0.4, 0.5) is 0 Å². The number of hydrogen-bond donors (Lipinski definition) is 1. The van der Waals surface area contributed by atoms with Crippen LogP contribution in [0.15, 0.2) is 72.8 Å². The van der Waals surface area contributed by atoms with E-state index in [4.69, 9.17) is 27.9 Å². The van der Waals surface area contributed by atoms with Crippen LogP contribution in [0.3, 0.4) is 0 Å². The number of nitrogens with zero attached hydrogens (tertiary/aromatic N) is 1. The first-order valence-corrected chi connectivity index (χ1v) is 12.6. The van der Waals surface area contributed by atoms with Crippen LogP contribution in [0.2, 0.25) is 10.0 Å². The summed E-state index contributed by atoms with van der Waals surface area (Å²) in [5.41, 5.74) is 2.10. The molecule has 0 aliphatic carbocycles. The SMILES string of the molecule is Cc1ccc(OCC(=O)N(Cc2c(Cl)cccc2Cl)[C@@H](Cc2ccccc2)C(=O)NC(C)(C)C)cc1. The molecule has 5 nitrogen and oxygen atoms in total. The molecule has 1 N–H and O–H groups in total. The molecule has 36 heavy (non-hydrogen) atoms. The Labute approximate surface area is 223 Å². The van der Waals surface area contributed by atoms with Crippen molar-refractivity contribution in [2.24, 2.45) is 0 Å². The van der Waals surface area contributed by atoms with Gasteiger partial charge in [-0.2, -0.15) is 0 Å². The molecule has 7 heteroatoms. The van der Waals surface area contributed by atoms with Gasteiger partial charge in [0.25, 0.3) is 5.91 Å². The predicted molar refractivity (Wildman–Crippen MR) is 146 cm³/mol. The topological polar surface area (TPSA) is 58.6 Å². The molecule has 0 aliphatic heterocycles. The highest BCUT2D eigenvalue weighted by Gasteiger charge is 2.33. The van der Waals surface area contributed by atoms with Gasteiger partial charge in [-0.15, -0.1) is 0 Å². The molecule has 2 amide bonds. The van der Waals surface area contributed by atoms with E-state index in [1.165, 1.54) is 4.90 Å². The molecule has 0 fully saturated rings. The molecule has 0 bridgehead atoms. The molecule has 0 saturated carbocycles. The molecule has 3 rings (SSSR count). The minimum Gasteiger partial charge on any atom is -0.484 e. The Morgan fingerprint density at radius 3 is 2.11 bits per heavy atom. The van der Waals surface area contributed by atoms with Crippen LogP contribution >= 0.6 is 23.2 Å². The van der Waals surface area contributed by atoms with Crippen LogP contribution in [0.5, 0.6) is 5.75 Å². The zero-order chi connectivity index (χ0) is 26.3. The largest absolute Gasteiger partial charge is 0.484 e. The number of amides is 2. The molecule has 3 aromatic carbocycles. The Morgan fingerprint density at radius 1 is 0.917 bits per heavy atom. The van der Waals surface area contributed by atoms with E-state index in [2.05, 4.69) is 5.32 Å². The summed E-state index contributed by atoms with van der Waals surface area (Å²) in [6.45, 7) is 7.52. The van der Waals surface area contributed by atoms with Crippen LogP contribution in [0.1, 0.15) is 37.5 Å². The van der Waals surface area contributed by atoms with E-state index in [1.807, 2.05) is 82.3 Å². The van der Waals surface area contributed by atoms with Gasteiger partial charge < -0.3 is 15.0 Å². The zero-order valence-corrected chi connectivity index (χ0v) is 22.6. The van der Waals surface area contributed by atoms with Gasteiger partial charge in [0.05, 0.1) is 0 Å². The third-order valence-electron chi connectivity index (χ3n) is 5.54. The van der Waals surface area contributed by atoms with E-state index in [0.29, 0.717) is 27.8 Å². The highest BCUT2D eigenvalue weighted by molar-refractivity contribution is 6.36. The van der Waals surface area contributed by atoms with Crippen LogP contribution < -0.4 is 10.1 Å². The van der Waals surface area contributed by atoms with Gasteiger partial charge in [-0.25, -0.2) is 0 Å². The zero-order valence-electron chi connectivity index (χ0n) is 21.1. The number of carbonyl (C=O) groups excluding carboxylic acids is 2. The molecule has 190 valence electrons. The van der Waals surface area contributed by atoms with E-state index in [9.17, 15) is 9.59 Å². The van der Waals surface area contributed by atoms with E-state index < -0.39 is 11.6 Å². The molecule has 0 unspecified atom stereocenters. The summed E-state index contributed by atoms with van der Waals surface area (Å²) in [5.74, 6) is -0.0433. The lowest BCUT2D eigenvalue weighted by molar-refractivity contribution is -0.143. The van der Waals surface area contributed by atoms with Crippen molar-refractivity contribution in [1.29, 1.82) is 0 Å². The van der Waals surface area contributed by atoms with Gasteiger partial charge in [-0.05, 0) is 57.5 Å². The monoisotopic (exact) mass is 526 g/mol. The first kappa shape index (κ1) is 27.6. The van der Waals surface area contributed by atoms with Crippen molar-refractivity contribution in [3.63, 3.8) is 0 Å². The molecule has 0 radical (unpaired) electrons. The first-order valence-electron chi connectivity index (χ1n) is 11.8. The van der Waals surface area contributed by atoms with Crippen LogP contribution in [0.25, 0.3) is 0 Å². The molecular formula is C29H32Cl2N2O3. The average Bonchev–Trinajstić information content (AvgIpc) is 2.82. The molecule has 0 aliphatic rings. The van der Waals surface area contributed by atoms with Crippen molar-refractivity contribution in [2.45, 2.75) is 52.2 Å². The fourth-order valence-corrected chi connectivity index (χ4v) is 4.24. The quantitative estimate of drug-likeness (QED) is 0.359. The summed E-state index contributed by atoms with van der Waals surface area (Å²) in [6.07, 6.45) is 0.321. The number of rotatable bonds is 9. The summed E-state index contributed by atoms with van der Waals surface area (Å²) in [6, 6.07) is 21.4. The highest BCUT2D eigenvalue weighted by atomic mass is 35.5. The first-order chi connectivity index (χ1) is 17.0. The Bertz CT molecular complexity index is 1160. The van der Waals surface area contributed by atoms with Gasteiger partial charge in [0, 0.05) is 34.1 Å². The normalized spacial score (nSPS) is 12.1. The lowest BCUT2D eigenvalue weighted by atomic mass is 10.0. The fraction of sp³-hybridized carbons (Fsp3) is 0.310. The Morgan fingerprint density at radius 2 is 1.53 bits per heavy atom. The minimum absolute atomic E-state index is 0.0592. The number of benzene rings is 3. The summed E-state index contributed by atoms with van der Waals surface area (Å²) in [7, 11) is 0. The number of halogens is 2. The third kappa shape index (κ3) is 8.00. The maximum atomic E-state index is 13.6. The lowest BCUT2D eigenvalue weighted by Gasteiger charge is -2.34.